The molecule has 96 valence electrons. The van der Waals surface area contributed by atoms with E-state index in [0.29, 0.717) is 16.7 Å². The van der Waals surface area contributed by atoms with Gasteiger partial charge in [-0.15, -0.1) is 0 Å². The molecule has 1 aromatic carbocycles. The molecule has 1 unspecified atom stereocenters. The van der Waals surface area contributed by atoms with Gasteiger partial charge in [0, 0.05) is 0 Å². The van der Waals surface area contributed by atoms with Crippen molar-refractivity contribution in [2.45, 2.75) is 31.7 Å². The Kier molecular flexibility index (Phi) is 4.40. The molecule has 0 aliphatic heterocycles. The number of ether oxygens (including phenoxy) is 1. The number of methoxy groups -OCH3 is 1. The Labute approximate surface area is 112 Å². The standard InChI is InChI=1S/C14H16ClNO2/c1-18-13-7-6-11(8-12(13)15)14(16-9-17)10-4-2-3-5-10/h6-8,10,14H,2-5H2,1H3. The van der Waals surface area contributed by atoms with Crippen molar-refractivity contribution in [1.29, 1.82) is 0 Å². The van der Waals surface area contributed by atoms with E-state index in [9.17, 15) is 4.79 Å². The third-order valence-electron chi connectivity index (χ3n) is 3.56. The first kappa shape index (κ1) is 13.1. The summed E-state index contributed by atoms with van der Waals surface area (Å²) < 4.78 is 5.13. The van der Waals surface area contributed by atoms with E-state index in [-0.39, 0.29) is 6.04 Å². The minimum absolute atomic E-state index is 0.117. The highest BCUT2D eigenvalue weighted by Crippen LogP contribution is 2.39. The molecule has 0 N–H and O–H groups in total. The molecule has 1 aromatic rings. The number of hydrogen-bond donors (Lipinski definition) is 0. The third-order valence-corrected chi connectivity index (χ3v) is 3.85. The number of benzene rings is 1. The summed E-state index contributed by atoms with van der Waals surface area (Å²) in [5.74, 6) is 1.07. The molecule has 4 heteroatoms. The summed E-state index contributed by atoms with van der Waals surface area (Å²) in [5.41, 5.74) is 0.969. The van der Waals surface area contributed by atoms with E-state index in [1.807, 2.05) is 18.2 Å². The SMILES string of the molecule is COc1ccc(C(N=C=O)C2CCCC2)cc1Cl. The molecule has 2 rings (SSSR count). The normalized spacial score (nSPS) is 17.2. The molecule has 1 saturated carbocycles. The van der Waals surface area contributed by atoms with E-state index in [4.69, 9.17) is 16.3 Å². The topological polar surface area (TPSA) is 38.7 Å². The highest BCUT2D eigenvalue weighted by atomic mass is 35.5. The van der Waals surface area contributed by atoms with Crippen LogP contribution in [0.3, 0.4) is 0 Å². The first-order chi connectivity index (χ1) is 8.76. The van der Waals surface area contributed by atoms with Gasteiger partial charge in [0.05, 0.1) is 18.2 Å². The van der Waals surface area contributed by atoms with Gasteiger partial charge in [-0.05, 0) is 36.5 Å². The van der Waals surface area contributed by atoms with Crippen molar-refractivity contribution in [3.8, 4) is 5.75 Å². The average Bonchev–Trinajstić information content (AvgIpc) is 2.89. The van der Waals surface area contributed by atoms with Crippen LogP contribution in [-0.4, -0.2) is 13.2 Å². The summed E-state index contributed by atoms with van der Waals surface area (Å²) >= 11 is 6.12. The Morgan fingerprint density at radius 2 is 2.17 bits per heavy atom. The van der Waals surface area contributed by atoms with Gasteiger partial charge in [0.1, 0.15) is 5.75 Å². The number of carbonyl (C=O) groups excluding carboxylic acids is 1. The van der Waals surface area contributed by atoms with Crippen LogP contribution in [0.25, 0.3) is 0 Å². The quantitative estimate of drug-likeness (QED) is 0.611. The van der Waals surface area contributed by atoms with E-state index in [0.717, 1.165) is 18.4 Å². The predicted octanol–water partition coefficient (Wildman–Crippen LogP) is 3.92. The van der Waals surface area contributed by atoms with E-state index in [1.54, 1.807) is 13.2 Å². The number of isocyanates is 1. The zero-order valence-electron chi connectivity index (χ0n) is 10.4. The zero-order chi connectivity index (χ0) is 13.0. The molecule has 0 amide bonds. The molecular weight excluding hydrogens is 250 g/mol. The van der Waals surface area contributed by atoms with Crippen molar-refractivity contribution in [3.05, 3.63) is 28.8 Å². The van der Waals surface area contributed by atoms with Crippen LogP contribution >= 0.6 is 11.6 Å². The fraction of sp³-hybridized carbons (Fsp3) is 0.500. The van der Waals surface area contributed by atoms with Crippen molar-refractivity contribution in [3.63, 3.8) is 0 Å². The Balaban J connectivity index is 2.30. The van der Waals surface area contributed by atoms with Gasteiger partial charge in [-0.3, -0.25) is 0 Å². The van der Waals surface area contributed by atoms with Crippen LogP contribution in [0.1, 0.15) is 37.3 Å². The molecule has 0 saturated heterocycles. The molecule has 0 aromatic heterocycles. The Hall–Kier alpha value is -1.31. The van der Waals surface area contributed by atoms with Crippen LogP contribution in [0.15, 0.2) is 23.2 Å². The van der Waals surface area contributed by atoms with Gasteiger partial charge in [-0.25, -0.2) is 4.79 Å². The van der Waals surface area contributed by atoms with Crippen LogP contribution < -0.4 is 4.74 Å². The maximum atomic E-state index is 10.6. The largest absolute Gasteiger partial charge is 0.495 e. The summed E-state index contributed by atoms with van der Waals surface area (Å²) in [6.45, 7) is 0. The first-order valence-electron chi connectivity index (χ1n) is 6.16. The van der Waals surface area contributed by atoms with Gasteiger partial charge in [0.15, 0.2) is 0 Å². The number of aliphatic imine (C=N–C) groups is 1. The molecule has 0 radical (unpaired) electrons. The van der Waals surface area contributed by atoms with Gasteiger partial charge >= 0.3 is 0 Å². The first-order valence-corrected chi connectivity index (χ1v) is 6.54. The molecule has 18 heavy (non-hydrogen) atoms. The van der Waals surface area contributed by atoms with Crippen LogP contribution in [0, 0.1) is 5.92 Å². The van der Waals surface area contributed by atoms with Gasteiger partial charge < -0.3 is 4.74 Å². The Morgan fingerprint density at radius 1 is 1.44 bits per heavy atom. The fourth-order valence-corrected chi connectivity index (χ4v) is 2.91. The van der Waals surface area contributed by atoms with Crippen LogP contribution in [-0.2, 0) is 4.79 Å². The lowest BCUT2D eigenvalue weighted by atomic mass is 9.92. The molecule has 0 bridgehead atoms. The molecule has 1 fully saturated rings. The second-order valence-corrected chi connectivity index (χ2v) is 5.01. The number of nitrogens with zero attached hydrogens (tertiary/aromatic N) is 1. The van der Waals surface area contributed by atoms with Crippen molar-refractivity contribution in [1.82, 2.24) is 0 Å². The molecule has 1 aliphatic carbocycles. The molecule has 1 aliphatic rings. The Morgan fingerprint density at radius 3 is 2.72 bits per heavy atom. The fourth-order valence-electron chi connectivity index (χ4n) is 2.65. The van der Waals surface area contributed by atoms with Crippen molar-refractivity contribution >= 4 is 17.7 Å². The van der Waals surface area contributed by atoms with E-state index in [1.165, 1.54) is 12.8 Å². The number of hydrogen-bond acceptors (Lipinski definition) is 3. The van der Waals surface area contributed by atoms with Crippen LogP contribution in [0.2, 0.25) is 5.02 Å². The average molecular weight is 266 g/mol. The van der Waals surface area contributed by atoms with E-state index in [2.05, 4.69) is 4.99 Å². The lowest BCUT2D eigenvalue weighted by Gasteiger charge is -2.18. The lowest BCUT2D eigenvalue weighted by Crippen LogP contribution is -2.07. The second kappa shape index (κ2) is 6.03. The maximum Gasteiger partial charge on any atom is 0.235 e. The van der Waals surface area contributed by atoms with Crippen LogP contribution in [0.5, 0.6) is 5.75 Å². The highest BCUT2D eigenvalue weighted by Gasteiger charge is 2.26. The summed E-state index contributed by atoms with van der Waals surface area (Å²) in [5, 5.41) is 0.555. The van der Waals surface area contributed by atoms with Crippen molar-refractivity contribution in [2.75, 3.05) is 7.11 Å². The third kappa shape index (κ3) is 2.74. The number of rotatable bonds is 4. The zero-order valence-corrected chi connectivity index (χ0v) is 11.1. The molecule has 1 atom stereocenters. The van der Waals surface area contributed by atoms with E-state index >= 15 is 0 Å². The molecular formula is C14H16ClNO2. The molecule has 3 nitrogen and oxygen atoms in total. The van der Waals surface area contributed by atoms with E-state index < -0.39 is 0 Å². The summed E-state index contributed by atoms with van der Waals surface area (Å²) in [7, 11) is 1.58. The second-order valence-electron chi connectivity index (χ2n) is 4.60. The summed E-state index contributed by atoms with van der Waals surface area (Å²) in [6.07, 6.45) is 6.33. The highest BCUT2D eigenvalue weighted by molar-refractivity contribution is 6.32. The predicted molar refractivity (Wildman–Crippen MR) is 70.8 cm³/mol. The molecule has 0 spiro atoms. The lowest BCUT2D eigenvalue weighted by molar-refractivity contribution is 0.413. The van der Waals surface area contributed by atoms with Gasteiger partial charge in [-0.1, -0.05) is 30.5 Å². The van der Waals surface area contributed by atoms with Gasteiger partial charge in [-0.2, -0.15) is 4.99 Å². The molecule has 0 heterocycles. The Bertz CT molecular complexity index is 463. The summed E-state index contributed by atoms with van der Waals surface area (Å²) in [4.78, 5) is 14.6. The van der Waals surface area contributed by atoms with Crippen LogP contribution in [0.4, 0.5) is 0 Å². The maximum absolute atomic E-state index is 10.6. The summed E-state index contributed by atoms with van der Waals surface area (Å²) in [6, 6.07) is 5.46. The van der Waals surface area contributed by atoms with Crippen molar-refractivity contribution < 1.29 is 9.53 Å². The smallest absolute Gasteiger partial charge is 0.235 e. The van der Waals surface area contributed by atoms with Gasteiger partial charge in [0.25, 0.3) is 0 Å². The van der Waals surface area contributed by atoms with Crippen molar-refractivity contribution in [2.24, 2.45) is 10.9 Å². The monoisotopic (exact) mass is 265 g/mol. The minimum Gasteiger partial charge on any atom is -0.495 e. The minimum atomic E-state index is -0.117. The number of halogens is 1. The van der Waals surface area contributed by atoms with Gasteiger partial charge in [0.2, 0.25) is 6.08 Å².